The molecule has 0 aliphatic carbocycles. The average Bonchev–Trinajstić information content (AvgIpc) is 3.06. The molecule has 0 atom stereocenters. The molecule has 0 saturated carbocycles. The number of aryl methyl sites for hydroxylation is 1. The monoisotopic (exact) mass is 293 g/mol. The number of anilines is 1. The second kappa shape index (κ2) is 7.40. The minimum absolute atomic E-state index is 0.886. The van der Waals surface area contributed by atoms with E-state index in [4.69, 9.17) is 0 Å². The Morgan fingerprint density at radius 1 is 1.35 bits per heavy atom. The van der Waals surface area contributed by atoms with Gasteiger partial charge in [-0.05, 0) is 19.9 Å². The fourth-order valence-electron chi connectivity index (χ4n) is 2.09. The zero-order chi connectivity index (χ0) is 14.4. The third-order valence-corrected chi connectivity index (χ3v) is 4.41. The van der Waals surface area contributed by atoms with E-state index in [0.29, 0.717) is 0 Å². The Bertz CT molecular complexity index is 515. The van der Waals surface area contributed by atoms with Crippen molar-refractivity contribution in [2.45, 2.75) is 26.8 Å². The second-order valence-corrected chi connectivity index (χ2v) is 5.75. The second-order valence-electron chi connectivity index (χ2n) is 4.65. The van der Waals surface area contributed by atoms with Crippen LogP contribution in [-0.4, -0.2) is 34.4 Å². The van der Waals surface area contributed by atoms with Crippen LogP contribution in [-0.2, 0) is 20.0 Å². The van der Waals surface area contributed by atoms with E-state index < -0.39 is 0 Å². The largest absolute Gasteiger partial charge is 0.349 e. The van der Waals surface area contributed by atoms with Crippen molar-refractivity contribution < 1.29 is 0 Å². The summed E-state index contributed by atoms with van der Waals surface area (Å²) in [7, 11) is 1.98. The van der Waals surface area contributed by atoms with E-state index in [2.05, 4.69) is 40.2 Å². The highest BCUT2D eigenvalue weighted by atomic mass is 32.1. The number of hydrogen-bond acceptors (Lipinski definition) is 5. The van der Waals surface area contributed by atoms with Crippen LogP contribution in [0.2, 0.25) is 0 Å². The topological polar surface area (TPSA) is 46.0 Å². The van der Waals surface area contributed by atoms with E-state index in [-0.39, 0.29) is 0 Å². The summed E-state index contributed by atoms with van der Waals surface area (Å²) in [6, 6.07) is 2.06. The highest BCUT2D eigenvalue weighted by Gasteiger charge is 2.07. The van der Waals surface area contributed by atoms with Crippen LogP contribution in [0.15, 0.2) is 18.5 Å². The summed E-state index contributed by atoms with van der Waals surface area (Å²) in [5, 5.41) is 8.76. The quantitative estimate of drug-likeness (QED) is 0.757. The molecule has 2 aromatic rings. The third-order valence-electron chi connectivity index (χ3n) is 3.35. The molecule has 0 saturated heterocycles. The summed E-state index contributed by atoms with van der Waals surface area (Å²) in [5.74, 6) is 0. The van der Waals surface area contributed by atoms with Crippen LogP contribution >= 0.6 is 11.3 Å². The standard InChI is InChI=1S/C14H23N5S/c1-4-19(5-2)14-16-11-13(20-14)10-15-8-6-12-7-9-17-18(12)3/h7,9,11,15H,4-6,8,10H2,1-3H3. The van der Waals surface area contributed by atoms with Gasteiger partial charge in [0.1, 0.15) is 0 Å². The molecule has 0 radical (unpaired) electrons. The Hall–Kier alpha value is -1.40. The van der Waals surface area contributed by atoms with Crippen molar-refractivity contribution in [1.82, 2.24) is 20.1 Å². The van der Waals surface area contributed by atoms with Crippen molar-refractivity contribution in [3.63, 3.8) is 0 Å². The molecular weight excluding hydrogens is 270 g/mol. The zero-order valence-electron chi connectivity index (χ0n) is 12.5. The van der Waals surface area contributed by atoms with Crippen molar-refractivity contribution in [2.75, 3.05) is 24.5 Å². The molecular formula is C14H23N5S. The molecule has 0 bridgehead atoms. The molecule has 0 unspecified atom stereocenters. The van der Waals surface area contributed by atoms with Gasteiger partial charge in [0, 0.05) is 62.6 Å². The van der Waals surface area contributed by atoms with Gasteiger partial charge in [-0.3, -0.25) is 4.68 Å². The maximum Gasteiger partial charge on any atom is 0.185 e. The summed E-state index contributed by atoms with van der Waals surface area (Å²) >= 11 is 1.78. The van der Waals surface area contributed by atoms with E-state index >= 15 is 0 Å². The van der Waals surface area contributed by atoms with Crippen molar-refractivity contribution in [2.24, 2.45) is 7.05 Å². The van der Waals surface area contributed by atoms with E-state index in [1.54, 1.807) is 11.3 Å². The number of thiazole rings is 1. The number of rotatable bonds is 8. The lowest BCUT2D eigenvalue weighted by Gasteiger charge is -2.16. The summed E-state index contributed by atoms with van der Waals surface area (Å²) in [5.41, 5.74) is 1.26. The van der Waals surface area contributed by atoms with Gasteiger partial charge >= 0.3 is 0 Å². The molecule has 2 rings (SSSR count). The van der Waals surface area contributed by atoms with Gasteiger partial charge in [0.15, 0.2) is 5.13 Å². The molecule has 0 fully saturated rings. The SMILES string of the molecule is CCN(CC)c1ncc(CNCCc2ccnn2C)s1. The van der Waals surface area contributed by atoms with Crippen molar-refractivity contribution in [3.8, 4) is 0 Å². The predicted molar refractivity (Wildman–Crippen MR) is 84.3 cm³/mol. The van der Waals surface area contributed by atoms with Gasteiger partial charge < -0.3 is 10.2 Å². The van der Waals surface area contributed by atoms with Gasteiger partial charge in [-0.2, -0.15) is 5.10 Å². The first-order chi connectivity index (χ1) is 9.74. The normalized spacial score (nSPS) is 10.9. The Morgan fingerprint density at radius 2 is 2.15 bits per heavy atom. The number of nitrogens with one attached hydrogen (secondary N) is 1. The highest BCUT2D eigenvalue weighted by Crippen LogP contribution is 2.21. The van der Waals surface area contributed by atoms with Gasteiger partial charge in [0.2, 0.25) is 0 Å². The van der Waals surface area contributed by atoms with Crippen LogP contribution in [0.3, 0.4) is 0 Å². The zero-order valence-corrected chi connectivity index (χ0v) is 13.3. The molecule has 2 aromatic heterocycles. The molecule has 5 nitrogen and oxygen atoms in total. The summed E-state index contributed by atoms with van der Waals surface area (Å²) < 4.78 is 1.92. The van der Waals surface area contributed by atoms with E-state index in [1.807, 2.05) is 24.1 Å². The van der Waals surface area contributed by atoms with Crippen LogP contribution in [0.4, 0.5) is 5.13 Å². The fraction of sp³-hybridized carbons (Fsp3) is 0.571. The molecule has 0 spiro atoms. The lowest BCUT2D eigenvalue weighted by atomic mass is 10.3. The molecule has 0 aliphatic rings. The van der Waals surface area contributed by atoms with Gasteiger partial charge in [-0.15, -0.1) is 11.3 Å². The van der Waals surface area contributed by atoms with Gasteiger partial charge in [0.25, 0.3) is 0 Å². The molecule has 0 amide bonds. The smallest absolute Gasteiger partial charge is 0.185 e. The lowest BCUT2D eigenvalue weighted by Crippen LogP contribution is -2.21. The van der Waals surface area contributed by atoms with Gasteiger partial charge in [-0.1, -0.05) is 0 Å². The first kappa shape index (κ1) is 15.0. The maximum atomic E-state index is 4.49. The van der Waals surface area contributed by atoms with Crippen LogP contribution in [0, 0.1) is 0 Å². The highest BCUT2D eigenvalue weighted by molar-refractivity contribution is 7.15. The van der Waals surface area contributed by atoms with E-state index in [1.165, 1.54) is 10.6 Å². The van der Waals surface area contributed by atoms with Crippen LogP contribution in [0.5, 0.6) is 0 Å². The first-order valence-electron chi connectivity index (χ1n) is 7.11. The minimum atomic E-state index is 0.886. The van der Waals surface area contributed by atoms with Gasteiger partial charge in [0.05, 0.1) is 0 Å². The Labute approximate surface area is 124 Å². The number of aromatic nitrogens is 3. The fourth-order valence-corrected chi connectivity index (χ4v) is 3.10. The molecule has 110 valence electrons. The Kier molecular flexibility index (Phi) is 5.55. The number of nitrogens with zero attached hydrogens (tertiary/aromatic N) is 4. The number of hydrogen-bond donors (Lipinski definition) is 1. The van der Waals surface area contributed by atoms with Crippen LogP contribution in [0.25, 0.3) is 0 Å². The molecule has 2 heterocycles. The molecule has 20 heavy (non-hydrogen) atoms. The molecule has 0 aliphatic heterocycles. The van der Waals surface area contributed by atoms with E-state index in [0.717, 1.165) is 37.7 Å². The average molecular weight is 293 g/mol. The Morgan fingerprint density at radius 3 is 2.80 bits per heavy atom. The first-order valence-corrected chi connectivity index (χ1v) is 7.93. The minimum Gasteiger partial charge on any atom is -0.349 e. The molecule has 1 N–H and O–H groups in total. The summed E-state index contributed by atoms with van der Waals surface area (Å²) in [6.07, 6.45) is 4.82. The van der Waals surface area contributed by atoms with Crippen molar-refractivity contribution in [1.29, 1.82) is 0 Å². The van der Waals surface area contributed by atoms with Crippen LogP contribution < -0.4 is 10.2 Å². The van der Waals surface area contributed by atoms with Crippen molar-refractivity contribution in [3.05, 3.63) is 29.0 Å². The molecule has 6 heteroatoms. The summed E-state index contributed by atoms with van der Waals surface area (Å²) in [4.78, 5) is 8.06. The lowest BCUT2D eigenvalue weighted by molar-refractivity contribution is 0.646. The molecule has 0 aromatic carbocycles. The van der Waals surface area contributed by atoms with Gasteiger partial charge in [-0.25, -0.2) is 4.98 Å². The van der Waals surface area contributed by atoms with Crippen molar-refractivity contribution >= 4 is 16.5 Å². The van der Waals surface area contributed by atoms with E-state index in [9.17, 15) is 0 Å². The predicted octanol–water partition coefficient (Wildman–Crippen LogP) is 2.06. The third kappa shape index (κ3) is 3.80. The summed E-state index contributed by atoms with van der Waals surface area (Å²) in [6.45, 7) is 8.19. The maximum absolute atomic E-state index is 4.49. The van der Waals surface area contributed by atoms with Crippen LogP contribution in [0.1, 0.15) is 24.4 Å². The Balaban J connectivity index is 1.76.